The Morgan fingerprint density at radius 1 is 1.57 bits per heavy atom. The molecule has 0 radical (unpaired) electrons. The van der Waals surface area contributed by atoms with E-state index in [-0.39, 0.29) is 0 Å². The summed E-state index contributed by atoms with van der Waals surface area (Å²) in [4.78, 5) is 19.8. The summed E-state index contributed by atoms with van der Waals surface area (Å²) >= 11 is 2.78. The summed E-state index contributed by atoms with van der Waals surface area (Å²) < 4.78 is 0. The van der Waals surface area contributed by atoms with Gasteiger partial charge in [0, 0.05) is 5.38 Å². The summed E-state index contributed by atoms with van der Waals surface area (Å²) in [6.45, 7) is 1.77. The smallest absolute Gasteiger partial charge is 0.260 e. The lowest BCUT2D eigenvalue weighted by molar-refractivity contribution is 0.100. The van der Waals surface area contributed by atoms with Crippen LogP contribution in [0.3, 0.4) is 0 Å². The number of aryl methyl sites for hydroxylation is 1. The van der Waals surface area contributed by atoms with Crippen molar-refractivity contribution in [3.8, 4) is 10.7 Å². The first-order valence-corrected chi connectivity index (χ1v) is 5.60. The Morgan fingerprint density at radius 2 is 2.36 bits per heavy atom. The summed E-state index contributed by atoms with van der Waals surface area (Å²) in [6.07, 6.45) is 0. The van der Waals surface area contributed by atoms with Gasteiger partial charge in [0.05, 0.1) is 11.2 Å². The van der Waals surface area contributed by atoms with Crippen LogP contribution >= 0.6 is 22.7 Å². The summed E-state index contributed by atoms with van der Waals surface area (Å²) in [5.74, 6) is -0.429. The van der Waals surface area contributed by atoms with Crippen LogP contribution in [0, 0.1) is 6.92 Å². The lowest BCUT2D eigenvalue weighted by atomic mass is 10.4. The topological polar surface area (TPSA) is 68.9 Å². The van der Waals surface area contributed by atoms with E-state index in [4.69, 9.17) is 5.73 Å². The highest BCUT2D eigenvalue weighted by Crippen LogP contribution is 2.26. The van der Waals surface area contributed by atoms with E-state index in [9.17, 15) is 4.79 Å². The van der Waals surface area contributed by atoms with Gasteiger partial charge in [-0.3, -0.25) is 4.79 Å². The molecule has 0 unspecified atom stereocenters. The summed E-state index contributed by atoms with van der Waals surface area (Å²) in [6, 6.07) is 0. The molecule has 0 aliphatic rings. The Morgan fingerprint density at radius 3 is 2.86 bits per heavy atom. The summed E-state index contributed by atoms with van der Waals surface area (Å²) in [7, 11) is 0. The van der Waals surface area contributed by atoms with Crippen molar-refractivity contribution in [2.24, 2.45) is 5.73 Å². The number of carbonyl (C=O) groups is 1. The zero-order chi connectivity index (χ0) is 10.1. The number of amides is 1. The van der Waals surface area contributed by atoms with Crippen LogP contribution in [0.1, 0.15) is 15.4 Å². The molecule has 0 fully saturated rings. The van der Waals surface area contributed by atoms with E-state index in [1.165, 1.54) is 22.7 Å². The van der Waals surface area contributed by atoms with Crippen LogP contribution in [-0.4, -0.2) is 15.9 Å². The normalized spacial score (nSPS) is 10.4. The highest BCUT2D eigenvalue weighted by Gasteiger charge is 2.14. The first kappa shape index (κ1) is 9.29. The maximum atomic E-state index is 11.0. The maximum Gasteiger partial charge on any atom is 0.260 e. The van der Waals surface area contributed by atoms with Gasteiger partial charge in [-0.1, -0.05) is 0 Å². The molecule has 4 nitrogen and oxygen atoms in total. The highest BCUT2D eigenvalue weighted by molar-refractivity contribution is 7.17. The van der Waals surface area contributed by atoms with E-state index in [2.05, 4.69) is 9.97 Å². The Bertz CT molecular complexity index is 461. The molecule has 2 N–H and O–H groups in total. The number of nitrogens with zero attached hydrogens (tertiary/aromatic N) is 2. The van der Waals surface area contributed by atoms with Gasteiger partial charge in [0.2, 0.25) is 0 Å². The molecule has 2 rings (SSSR count). The molecule has 0 bridgehead atoms. The second-order valence-corrected chi connectivity index (χ2v) is 4.39. The van der Waals surface area contributed by atoms with Gasteiger partial charge in [0.15, 0.2) is 0 Å². The molecule has 0 saturated carbocycles. The number of rotatable bonds is 2. The number of nitrogens with two attached hydrogens (primary N) is 1. The van der Waals surface area contributed by atoms with E-state index in [1.54, 1.807) is 12.4 Å². The van der Waals surface area contributed by atoms with Gasteiger partial charge in [0.25, 0.3) is 5.91 Å². The molecular formula is C8H7N3OS2. The number of hydrogen-bond acceptors (Lipinski definition) is 5. The summed E-state index contributed by atoms with van der Waals surface area (Å²) in [5.41, 5.74) is 8.40. The minimum Gasteiger partial charge on any atom is -0.365 e. The minimum absolute atomic E-state index is 0.429. The first-order valence-electron chi connectivity index (χ1n) is 3.84. The average molecular weight is 225 g/mol. The Labute approximate surface area is 88.4 Å². The van der Waals surface area contributed by atoms with Gasteiger partial charge in [-0.05, 0) is 6.92 Å². The lowest BCUT2D eigenvalue weighted by Crippen LogP contribution is -2.09. The molecule has 1 amide bonds. The largest absolute Gasteiger partial charge is 0.365 e. The quantitative estimate of drug-likeness (QED) is 0.845. The SMILES string of the molecule is Cc1nc(-c2cscn2)sc1C(N)=O. The van der Waals surface area contributed by atoms with Crippen LogP contribution in [0.5, 0.6) is 0 Å². The van der Waals surface area contributed by atoms with Crippen LogP contribution in [0.25, 0.3) is 10.7 Å². The van der Waals surface area contributed by atoms with Crippen LogP contribution in [0.15, 0.2) is 10.9 Å². The average Bonchev–Trinajstić information content (AvgIpc) is 2.70. The number of thiazole rings is 2. The predicted octanol–water partition coefficient (Wildman–Crippen LogP) is 1.67. The molecule has 14 heavy (non-hydrogen) atoms. The van der Waals surface area contributed by atoms with E-state index in [1.807, 2.05) is 5.38 Å². The van der Waals surface area contributed by atoms with E-state index in [0.29, 0.717) is 10.6 Å². The van der Waals surface area contributed by atoms with E-state index in [0.717, 1.165) is 10.7 Å². The Hall–Kier alpha value is -1.27. The number of carbonyl (C=O) groups excluding carboxylic acids is 1. The van der Waals surface area contributed by atoms with Crippen molar-refractivity contribution in [3.05, 3.63) is 21.5 Å². The monoisotopic (exact) mass is 225 g/mol. The Kier molecular flexibility index (Phi) is 2.30. The highest BCUT2D eigenvalue weighted by atomic mass is 32.1. The van der Waals surface area contributed by atoms with Gasteiger partial charge in [-0.2, -0.15) is 0 Å². The molecule has 0 aromatic carbocycles. The predicted molar refractivity (Wildman–Crippen MR) is 56.5 cm³/mol. The third kappa shape index (κ3) is 1.53. The van der Waals surface area contributed by atoms with Crippen molar-refractivity contribution in [1.82, 2.24) is 9.97 Å². The van der Waals surface area contributed by atoms with E-state index < -0.39 is 5.91 Å². The molecule has 72 valence electrons. The van der Waals surface area contributed by atoms with Crippen molar-refractivity contribution in [2.75, 3.05) is 0 Å². The standard InChI is InChI=1S/C8H7N3OS2/c1-4-6(7(9)12)14-8(11-4)5-2-13-3-10-5/h2-3H,1H3,(H2,9,12). The molecule has 0 spiro atoms. The zero-order valence-electron chi connectivity index (χ0n) is 7.35. The second-order valence-electron chi connectivity index (χ2n) is 2.67. The minimum atomic E-state index is -0.429. The third-order valence-electron chi connectivity index (χ3n) is 1.67. The van der Waals surface area contributed by atoms with Crippen LogP contribution in [0.2, 0.25) is 0 Å². The van der Waals surface area contributed by atoms with Gasteiger partial charge >= 0.3 is 0 Å². The van der Waals surface area contributed by atoms with Crippen LogP contribution in [0.4, 0.5) is 0 Å². The molecule has 0 atom stereocenters. The van der Waals surface area contributed by atoms with Gasteiger partial charge in [-0.15, -0.1) is 22.7 Å². The fraction of sp³-hybridized carbons (Fsp3) is 0.125. The van der Waals surface area contributed by atoms with Gasteiger partial charge in [-0.25, -0.2) is 9.97 Å². The molecule has 2 heterocycles. The van der Waals surface area contributed by atoms with Crippen LogP contribution < -0.4 is 5.73 Å². The van der Waals surface area contributed by atoms with Crippen LogP contribution in [-0.2, 0) is 0 Å². The number of primary amides is 1. The zero-order valence-corrected chi connectivity index (χ0v) is 8.98. The van der Waals surface area contributed by atoms with Gasteiger partial charge < -0.3 is 5.73 Å². The Balaban J connectivity index is 2.48. The molecule has 2 aromatic rings. The van der Waals surface area contributed by atoms with Gasteiger partial charge in [0.1, 0.15) is 15.6 Å². The van der Waals surface area contributed by atoms with Crippen molar-refractivity contribution in [3.63, 3.8) is 0 Å². The van der Waals surface area contributed by atoms with Crippen molar-refractivity contribution >= 4 is 28.6 Å². The fourth-order valence-electron chi connectivity index (χ4n) is 1.05. The first-order chi connectivity index (χ1) is 6.68. The van der Waals surface area contributed by atoms with E-state index >= 15 is 0 Å². The molecule has 0 aliphatic carbocycles. The van der Waals surface area contributed by atoms with Crippen molar-refractivity contribution in [1.29, 1.82) is 0 Å². The molecule has 6 heteroatoms. The second kappa shape index (κ2) is 3.47. The lowest BCUT2D eigenvalue weighted by Gasteiger charge is -1.85. The fourth-order valence-corrected chi connectivity index (χ4v) is 2.55. The summed E-state index contributed by atoms with van der Waals surface area (Å²) in [5, 5.41) is 2.64. The molecular weight excluding hydrogens is 218 g/mol. The molecule has 0 saturated heterocycles. The number of aromatic nitrogens is 2. The molecule has 0 aliphatic heterocycles. The van der Waals surface area contributed by atoms with Crippen molar-refractivity contribution < 1.29 is 4.79 Å². The molecule has 2 aromatic heterocycles. The maximum absolute atomic E-state index is 11.0. The van der Waals surface area contributed by atoms with Crippen molar-refractivity contribution in [2.45, 2.75) is 6.92 Å². The number of hydrogen-bond donors (Lipinski definition) is 1. The third-order valence-corrected chi connectivity index (χ3v) is 3.45.